The summed E-state index contributed by atoms with van der Waals surface area (Å²) in [7, 11) is 1.23. The molecule has 152 valence electrons. The second-order valence-electron chi connectivity index (χ2n) is 7.00. The number of nitrogens with zero attached hydrogens (tertiary/aromatic N) is 1. The van der Waals surface area contributed by atoms with E-state index in [1.165, 1.54) is 24.8 Å². The van der Waals surface area contributed by atoms with Crippen LogP contribution in [0, 0.1) is 17.7 Å². The van der Waals surface area contributed by atoms with Gasteiger partial charge in [-0.15, -0.1) is 0 Å². The summed E-state index contributed by atoms with van der Waals surface area (Å²) in [6.07, 6.45) is 7.36. The molecule has 0 amide bonds. The molecule has 0 bridgehead atoms. The normalized spacial score (nSPS) is 13.6. The second-order valence-corrected chi connectivity index (χ2v) is 7.00. The first-order chi connectivity index (χ1) is 14.4. The minimum absolute atomic E-state index is 0.0958. The summed E-state index contributed by atoms with van der Waals surface area (Å²) in [6.45, 7) is 4.14. The molecule has 30 heavy (non-hydrogen) atoms. The Kier molecular flexibility index (Phi) is 6.48. The van der Waals surface area contributed by atoms with Gasteiger partial charge in [-0.25, -0.2) is 14.2 Å². The number of hydrogen-bond donors (Lipinski definition) is 1. The number of ether oxygens (including phenoxy) is 1. The molecule has 2 N–H and O–H groups in total. The Bertz CT molecular complexity index is 1130. The molecule has 1 aromatic heterocycles. The van der Waals surface area contributed by atoms with Gasteiger partial charge >= 0.3 is 5.97 Å². The molecule has 0 unspecified atom stereocenters. The molecule has 1 aliphatic carbocycles. The van der Waals surface area contributed by atoms with Gasteiger partial charge in [0.15, 0.2) is 0 Å². The topological polar surface area (TPSA) is 65.2 Å². The van der Waals surface area contributed by atoms with Crippen LogP contribution < -0.4 is 5.73 Å². The van der Waals surface area contributed by atoms with Gasteiger partial charge in [0, 0.05) is 17.3 Å². The van der Waals surface area contributed by atoms with Crippen LogP contribution in [-0.2, 0) is 4.74 Å². The van der Waals surface area contributed by atoms with Crippen molar-refractivity contribution in [2.24, 2.45) is 0 Å². The van der Waals surface area contributed by atoms with Crippen molar-refractivity contribution in [2.45, 2.75) is 26.7 Å². The van der Waals surface area contributed by atoms with Gasteiger partial charge in [-0.1, -0.05) is 48.1 Å². The predicted octanol–water partition coefficient (Wildman–Crippen LogP) is 5.08. The highest BCUT2D eigenvalue weighted by atomic mass is 19.1. The van der Waals surface area contributed by atoms with E-state index in [1.54, 1.807) is 18.3 Å². The molecule has 0 saturated carbocycles. The molecule has 0 fully saturated rings. The quantitative estimate of drug-likeness (QED) is 0.574. The number of allylic oxidation sites excluding steroid dienone is 6. The zero-order valence-corrected chi connectivity index (χ0v) is 17.3. The van der Waals surface area contributed by atoms with E-state index < -0.39 is 11.8 Å². The van der Waals surface area contributed by atoms with Crippen molar-refractivity contribution in [3.05, 3.63) is 87.9 Å². The van der Waals surface area contributed by atoms with E-state index in [9.17, 15) is 9.18 Å². The van der Waals surface area contributed by atoms with Gasteiger partial charge in [0.1, 0.15) is 11.6 Å². The molecule has 0 atom stereocenters. The molecule has 0 radical (unpaired) electrons. The Balaban J connectivity index is 2.09. The lowest BCUT2D eigenvalue weighted by molar-refractivity contribution is 0.0595. The number of aromatic nitrogens is 1. The van der Waals surface area contributed by atoms with E-state index in [0.717, 1.165) is 35.1 Å². The lowest BCUT2D eigenvalue weighted by Crippen LogP contribution is -2.05. The number of hydrogen-bond acceptors (Lipinski definition) is 4. The number of halogens is 1. The van der Waals surface area contributed by atoms with Crippen LogP contribution >= 0.6 is 0 Å². The monoisotopic (exact) mass is 402 g/mol. The number of nitrogen functional groups attached to an aromatic ring is 1. The fourth-order valence-corrected chi connectivity index (χ4v) is 3.23. The summed E-state index contributed by atoms with van der Waals surface area (Å²) in [6, 6.07) is 8.02. The van der Waals surface area contributed by atoms with Crippen molar-refractivity contribution >= 4 is 17.4 Å². The van der Waals surface area contributed by atoms with Crippen molar-refractivity contribution in [1.29, 1.82) is 0 Å². The van der Waals surface area contributed by atoms with E-state index in [4.69, 9.17) is 5.73 Å². The largest absolute Gasteiger partial charge is 0.465 e. The lowest BCUT2D eigenvalue weighted by Gasteiger charge is -2.11. The number of anilines is 1. The molecule has 1 aliphatic rings. The Morgan fingerprint density at radius 3 is 2.67 bits per heavy atom. The Labute approximate surface area is 176 Å². The fraction of sp³-hybridized carbons (Fsp3) is 0.200. The predicted molar refractivity (Wildman–Crippen MR) is 117 cm³/mol. The van der Waals surface area contributed by atoms with E-state index in [-0.39, 0.29) is 5.56 Å². The van der Waals surface area contributed by atoms with Crippen LogP contribution in [0.5, 0.6) is 0 Å². The summed E-state index contributed by atoms with van der Waals surface area (Å²) in [5.74, 6) is 5.47. The average Bonchev–Trinajstić information content (AvgIpc) is 2.91. The van der Waals surface area contributed by atoms with Crippen LogP contribution in [0.15, 0.2) is 65.4 Å². The molecule has 0 saturated heterocycles. The van der Waals surface area contributed by atoms with Gasteiger partial charge in [0.05, 0.1) is 12.7 Å². The van der Waals surface area contributed by atoms with Gasteiger partial charge in [-0.3, -0.25) is 0 Å². The second kappa shape index (κ2) is 9.23. The Hall–Kier alpha value is -3.65. The fourth-order valence-electron chi connectivity index (χ4n) is 3.23. The molecular weight excluding hydrogens is 379 g/mol. The molecule has 5 heteroatoms. The molecule has 1 aromatic carbocycles. The maximum Gasteiger partial charge on any atom is 0.340 e. The number of nitrogens with two attached hydrogens (primary N) is 1. The number of methoxy groups -OCH3 is 1. The first-order valence-corrected chi connectivity index (χ1v) is 9.64. The highest BCUT2D eigenvalue weighted by Crippen LogP contribution is 2.32. The first-order valence-electron chi connectivity index (χ1n) is 9.64. The Morgan fingerprint density at radius 1 is 1.23 bits per heavy atom. The smallest absolute Gasteiger partial charge is 0.340 e. The number of esters is 1. The van der Waals surface area contributed by atoms with Crippen LogP contribution in [0.2, 0.25) is 0 Å². The van der Waals surface area contributed by atoms with Gasteiger partial charge in [0.2, 0.25) is 0 Å². The van der Waals surface area contributed by atoms with Gasteiger partial charge in [-0.05, 0) is 55.2 Å². The van der Waals surface area contributed by atoms with Crippen molar-refractivity contribution in [1.82, 2.24) is 4.98 Å². The number of rotatable bonds is 3. The van der Waals surface area contributed by atoms with Crippen molar-refractivity contribution in [3.63, 3.8) is 0 Å². The molecule has 4 nitrogen and oxygen atoms in total. The highest BCUT2D eigenvalue weighted by Gasteiger charge is 2.17. The van der Waals surface area contributed by atoms with Gasteiger partial charge in [0.25, 0.3) is 0 Å². The summed E-state index contributed by atoms with van der Waals surface area (Å²) >= 11 is 0. The van der Waals surface area contributed by atoms with Crippen LogP contribution in [0.1, 0.15) is 48.2 Å². The average molecular weight is 402 g/mol. The van der Waals surface area contributed by atoms with Crippen LogP contribution in [0.3, 0.4) is 0 Å². The van der Waals surface area contributed by atoms with E-state index in [2.05, 4.69) is 34.6 Å². The summed E-state index contributed by atoms with van der Waals surface area (Å²) in [4.78, 5) is 15.8. The van der Waals surface area contributed by atoms with Crippen molar-refractivity contribution < 1.29 is 13.9 Å². The lowest BCUT2D eigenvalue weighted by atomic mass is 9.93. The van der Waals surface area contributed by atoms with Crippen LogP contribution in [0.25, 0.3) is 5.57 Å². The number of benzene rings is 1. The Morgan fingerprint density at radius 2 is 2.03 bits per heavy atom. The summed E-state index contributed by atoms with van der Waals surface area (Å²) in [5, 5.41) is 0. The summed E-state index contributed by atoms with van der Waals surface area (Å²) in [5.41, 5.74) is 10.9. The van der Waals surface area contributed by atoms with E-state index in [1.807, 2.05) is 19.1 Å². The zero-order chi connectivity index (χ0) is 21.7. The SMILES string of the molecule is CCC1=CC=C(c2ccc(C(=O)OC)c(F)c2)C(C#Cc2ccc(N)nc2)=C(C)C1. The molecule has 0 spiro atoms. The molecule has 2 aromatic rings. The van der Waals surface area contributed by atoms with Crippen LogP contribution in [-0.4, -0.2) is 18.1 Å². The highest BCUT2D eigenvalue weighted by molar-refractivity contribution is 5.91. The van der Waals surface area contributed by atoms with Crippen molar-refractivity contribution in [3.8, 4) is 11.8 Å². The molecule has 3 rings (SSSR count). The van der Waals surface area contributed by atoms with Crippen LogP contribution in [0.4, 0.5) is 10.2 Å². The molecule has 0 aliphatic heterocycles. The first kappa shape index (κ1) is 21.1. The third-order valence-corrected chi connectivity index (χ3v) is 4.93. The minimum atomic E-state index is -0.704. The number of carbonyl (C=O) groups excluding carboxylic acids is 1. The van der Waals surface area contributed by atoms with Gasteiger partial charge in [-0.2, -0.15) is 0 Å². The maximum atomic E-state index is 14.6. The third-order valence-electron chi connectivity index (χ3n) is 4.93. The van der Waals surface area contributed by atoms with Crippen molar-refractivity contribution in [2.75, 3.05) is 12.8 Å². The zero-order valence-electron chi connectivity index (χ0n) is 17.3. The third kappa shape index (κ3) is 4.66. The molecular formula is C25H23FN2O2. The van der Waals surface area contributed by atoms with E-state index >= 15 is 0 Å². The van der Waals surface area contributed by atoms with Gasteiger partial charge < -0.3 is 10.5 Å². The minimum Gasteiger partial charge on any atom is -0.465 e. The molecule has 1 heterocycles. The summed E-state index contributed by atoms with van der Waals surface area (Å²) < 4.78 is 19.2. The standard InChI is InChI=1S/C25H23FN2O2/c1-4-17-5-10-21(19-8-11-22(23(26)14-19)25(29)30-3)20(16(2)13-17)9-6-18-7-12-24(27)28-15-18/h5,7-8,10-12,14-15H,4,13H2,1-3H3,(H2,27,28). The number of carbonyl (C=O) groups is 1. The van der Waals surface area contributed by atoms with E-state index in [0.29, 0.717) is 11.4 Å². The number of pyridine rings is 1. The maximum absolute atomic E-state index is 14.6.